The molecule has 29 heavy (non-hydrogen) atoms. The van der Waals surface area contributed by atoms with Gasteiger partial charge in [0.05, 0.1) is 17.3 Å². The predicted molar refractivity (Wildman–Crippen MR) is 117 cm³/mol. The molecule has 5 heteroatoms. The first-order valence-electron chi connectivity index (χ1n) is 9.36. The van der Waals surface area contributed by atoms with Gasteiger partial charge >= 0.3 is 0 Å². The van der Waals surface area contributed by atoms with E-state index in [0.717, 1.165) is 33.5 Å². The zero-order valence-electron chi connectivity index (χ0n) is 16.3. The normalized spacial score (nSPS) is 10.7. The van der Waals surface area contributed by atoms with Gasteiger partial charge in [-0.15, -0.1) is 10.2 Å². The topological polar surface area (TPSA) is 54.5 Å². The Labute approximate surface area is 174 Å². The number of aromatic nitrogens is 3. The molecule has 0 saturated carbocycles. The highest BCUT2D eigenvalue weighted by Crippen LogP contribution is 2.31. The van der Waals surface area contributed by atoms with Crippen molar-refractivity contribution in [2.45, 2.75) is 24.8 Å². The zero-order valence-corrected chi connectivity index (χ0v) is 17.1. The summed E-state index contributed by atoms with van der Waals surface area (Å²) in [4.78, 5) is 0. The minimum Gasteiger partial charge on any atom is -0.270 e. The number of hydrogen-bond donors (Lipinski definition) is 0. The van der Waals surface area contributed by atoms with Crippen LogP contribution >= 0.6 is 11.8 Å². The van der Waals surface area contributed by atoms with Gasteiger partial charge in [-0.05, 0) is 49.2 Å². The van der Waals surface area contributed by atoms with Crippen molar-refractivity contribution in [2.75, 3.05) is 0 Å². The summed E-state index contributed by atoms with van der Waals surface area (Å²) in [5.74, 6) is 1.59. The number of rotatable bonds is 5. The van der Waals surface area contributed by atoms with Gasteiger partial charge in [-0.1, -0.05) is 65.9 Å². The van der Waals surface area contributed by atoms with Crippen LogP contribution in [0.4, 0.5) is 0 Å². The number of hydrogen-bond acceptors (Lipinski definition) is 4. The lowest BCUT2D eigenvalue weighted by Gasteiger charge is -2.13. The molecule has 4 nitrogen and oxygen atoms in total. The summed E-state index contributed by atoms with van der Waals surface area (Å²) in [5.41, 5.74) is 6.30. The van der Waals surface area contributed by atoms with Gasteiger partial charge in [-0.25, -0.2) is 0 Å². The Morgan fingerprint density at radius 3 is 2.45 bits per heavy atom. The fourth-order valence-electron chi connectivity index (χ4n) is 3.19. The van der Waals surface area contributed by atoms with Crippen LogP contribution in [-0.4, -0.2) is 14.8 Å². The molecule has 0 aliphatic carbocycles. The Balaban J connectivity index is 1.74. The molecule has 0 saturated heterocycles. The maximum atomic E-state index is 8.98. The van der Waals surface area contributed by atoms with Crippen LogP contribution < -0.4 is 0 Å². The number of benzene rings is 3. The lowest BCUT2D eigenvalue weighted by molar-refractivity contribution is 0.880. The molecule has 3 aromatic carbocycles. The summed E-state index contributed by atoms with van der Waals surface area (Å²) in [6, 6.07) is 26.4. The molecule has 1 heterocycles. The zero-order chi connectivity index (χ0) is 20.2. The first kappa shape index (κ1) is 19.0. The highest BCUT2D eigenvalue weighted by atomic mass is 32.2. The van der Waals surface area contributed by atoms with Gasteiger partial charge < -0.3 is 0 Å². The number of para-hydroxylation sites is 1. The van der Waals surface area contributed by atoms with E-state index in [1.807, 2.05) is 42.5 Å². The third-order valence-electron chi connectivity index (χ3n) is 4.72. The summed E-state index contributed by atoms with van der Waals surface area (Å²) < 4.78 is 2.14. The maximum absolute atomic E-state index is 8.98. The molecule has 0 bridgehead atoms. The molecular formula is C24H20N4S. The molecule has 0 fully saturated rings. The minimum absolute atomic E-state index is 0.670. The molecule has 0 amide bonds. The van der Waals surface area contributed by atoms with Crippen molar-refractivity contribution in [2.24, 2.45) is 0 Å². The van der Waals surface area contributed by atoms with Gasteiger partial charge in [0.25, 0.3) is 0 Å². The third-order valence-corrected chi connectivity index (χ3v) is 5.72. The SMILES string of the molecule is Cc1cccc(-c2nnc(SCc3ccc(C#N)cc3)n2-c2ccccc2C)c1. The predicted octanol–water partition coefficient (Wildman–Crippen LogP) is 5.72. The molecular weight excluding hydrogens is 376 g/mol. The van der Waals surface area contributed by atoms with E-state index in [4.69, 9.17) is 5.26 Å². The summed E-state index contributed by atoms with van der Waals surface area (Å²) in [6.07, 6.45) is 0. The molecule has 0 N–H and O–H groups in total. The number of thioether (sulfide) groups is 1. The molecule has 4 aromatic rings. The number of aryl methyl sites for hydroxylation is 2. The minimum atomic E-state index is 0.670. The summed E-state index contributed by atoms with van der Waals surface area (Å²) in [5, 5.41) is 18.9. The van der Waals surface area contributed by atoms with Crippen LogP contribution in [0.1, 0.15) is 22.3 Å². The highest BCUT2D eigenvalue weighted by molar-refractivity contribution is 7.98. The van der Waals surface area contributed by atoms with Gasteiger partial charge in [0.1, 0.15) is 0 Å². The van der Waals surface area contributed by atoms with Gasteiger partial charge in [0.2, 0.25) is 0 Å². The second kappa shape index (κ2) is 8.34. The Kier molecular flexibility index (Phi) is 5.46. The van der Waals surface area contributed by atoms with Crippen molar-refractivity contribution in [3.8, 4) is 23.1 Å². The van der Waals surface area contributed by atoms with Crippen LogP contribution in [0.15, 0.2) is 78.0 Å². The van der Waals surface area contributed by atoms with Crippen molar-refractivity contribution in [3.05, 3.63) is 95.1 Å². The van der Waals surface area contributed by atoms with Crippen molar-refractivity contribution >= 4 is 11.8 Å². The number of nitrogens with zero attached hydrogens (tertiary/aromatic N) is 4. The largest absolute Gasteiger partial charge is 0.270 e. The molecule has 0 aliphatic rings. The van der Waals surface area contributed by atoms with Gasteiger partial charge in [-0.3, -0.25) is 4.57 Å². The van der Waals surface area contributed by atoms with Crippen LogP contribution in [0.3, 0.4) is 0 Å². The van der Waals surface area contributed by atoms with Crippen LogP contribution in [0.5, 0.6) is 0 Å². The van der Waals surface area contributed by atoms with E-state index in [1.165, 1.54) is 11.1 Å². The quantitative estimate of drug-likeness (QED) is 0.405. The molecule has 1 aromatic heterocycles. The average molecular weight is 397 g/mol. The fourth-order valence-corrected chi connectivity index (χ4v) is 4.09. The van der Waals surface area contributed by atoms with E-state index < -0.39 is 0 Å². The smallest absolute Gasteiger partial charge is 0.196 e. The van der Waals surface area contributed by atoms with Crippen molar-refractivity contribution < 1.29 is 0 Å². The Morgan fingerprint density at radius 1 is 0.931 bits per heavy atom. The molecule has 0 spiro atoms. The van der Waals surface area contributed by atoms with E-state index in [1.54, 1.807) is 11.8 Å². The first-order valence-corrected chi connectivity index (χ1v) is 10.3. The van der Waals surface area contributed by atoms with Gasteiger partial charge in [0.15, 0.2) is 11.0 Å². The summed E-state index contributed by atoms with van der Waals surface area (Å²) in [7, 11) is 0. The molecule has 0 radical (unpaired) electrons. The van der Waals surface area contributed by atoms with Crippen molar-refractivity contribution in [1.82, 2.24) is 14.8 Å². The van der Waals surface area contributed by atoms with Gasteiger partial charge in [-0.2, -0.15) is 5.26 Å². The average Bonchev–Trinajstić information content (AvgIpc) is 3.17. The molecule has 0 aliphatic heterocycles. The standard InChI is InChI=1S/C24H20N4S/c1-17-6-5-8-21(14-17)23-26-27-24(28(23)22-9-4-3-7-18(22)2)29-16-20-12-10-19(15-25)11-13-20/h3-14H,16H2,1-2H3. The van der Waals surface area contributed by atoms with E-state index in [9.17, 15) is 0 Å². The van der Waals surface area contributed by atoms with E-state index in [-0.39, 0.29) is 0 Å². The van der Waals surface area contributed by atoms with Crippen LogP contribution in [0, 0.1) is 25.2 Å². The lowest BCUT2D eigenvalue weighted by Crippen LogP contribution is -2.02. The van der Waals surface area contributed by atoms with Crippen molar-refractivity contribution in [1.29, 1.82) is 5.26 Å². The Bertz CT molecular complexity index is 1190. The number of nitriles is 1. The molecule has 4 rings (SSSR count). The summed E-state index contributed by atoms with van der Waals surface area (Å²) in [6.45, 7) is 4.18. The van der Waals surface area contributed by atoms with Gasteiger partial charge in [0, 0.05) is 11.3 Å². The van der Waals surface area contributed by atoms with Crippen LogP contribution in [-0.2, 0) is 5.75 Å². The second-order valence-electron chi connectivity index (χ2n) is 6.89. The third kappa shape index (κ3) is 4.08. The lowest BCUT2D eigenvalue weighted by atomic mass is 10.1. The highest BCUT2D eigenvalue weighted by Gasteiger charge is 2.17. The van der Waals surface area contributed by atoms with Crippen LogP contribution in [0.2, 0.25) is 0 Å². The summed E-state index contributed by atoms with van der Waals surface area (Å²) >= 11 is 1.64. The van der Waals surface area contributed by atoms with Crippen LogP contribution in [0.25, 0.3) is 17.1 Å². The van der Waals surface area contributed by atoms with E-state index >= 15 is 0 Å². The molecule has 0 unspecified atom stereocenters. The molecule has 142 valence electrons. The Morgan fingerprint density at radius 2 is 1.72 bits per heavy atom. The van der Waals surface area contributed by atoms with E-state index in [0.29, 0.717) is 5.56 Å². The first-order chi connectivity index (χ1) is 14.2. The second-order valence-corrected chi connectivity index (χ2v) is 7.84. The van der Waals surface area contributed by atoms with Crippen molar-refractivity contribution in [3.63, 3.8) is 0 Å². The van der Waals surface area contributed by atoms with E-state index in [2.05, 4.69) is 65.0 Å². The Hall–Kier alpha value is -3.36. The monoisotopic (exact) mass is 396 g/mol. The fraction of sp³-hybridized carbons (Fsp3) is 0.125. The molecule has 0 atom stereocenters. The maximum Gasteiger partial charge on any atom is 0.196 e.